The number of Topliss-reactive ketones (excluding diaryl/α,β-unsaturated/α-hetero) is 1. The maximum atomic E-state index is 13.6. The molecule has 0 radical (unpaired) electrons. The van der Waals surface area contributed by atoms with Crippen molar-refractivity contribution in [2.24, 2.45) is 17.8 Å². The Morgan fingerprint density at radius 2 is 1.92 bits per heavy atom. The summed E-state index contributed by atoms with van der Waals surface area (Å²) in [5.74, 6) is 0.168. The predicted octanol–water partition coefficient (Wildman–Crippen LogP) is 2.85. The Morgan fingerprint density at radius 1 is 1.20 bits per heavy atom. The number of nitrogens with zero attached hydrogens (tertiary/aromatic N) is 2. The summed E-state index contributed by atoms with van der Waals surface area (Å²) in [5, 5.41) is 9.47. The topological polar surface area (TPSA) is 61.2 Å². The summed E-state index contributed by atoms with van der Waals surface area (Å²) in [4.78, 5) is 28.1. The number of amides is 1. The first kappa shape index (κ1) is 16.1. The molecule has 4 heteroatoms. The summed E-state index contributed by atoms with van der Waals surface area (Å²) in [6.45, 7) is 3.39. The second-order valence-corrected chi connectivity index (χ2v) is 7.65. The molecule has 3 aliphatic rings. The van der Waals surface area contributed by atoms with Gasteiger partial charge in [0.25, 0.3) is 0 Å². The third-order valence-electron chi connectivity index (χ3n) is 6.14. The van der Waals surface area contributed by atoms with E-state index in [1.54, 1.807) is 6.08 Å². The van der Waals surface area contributed by atoms with Crippen molar-refractivity contribution in [2.75, 3.05) is 13.1 Å². The lowest BCUT2D eigenvalue weighted by atomic mass is 9.57. The highest BCUT2D eigenvalue weighted by Crippen LogP contribution is 2.49. The summed E-state index contributed by atoms with van der Waals surface area (Å²) < 4.78 is 0. The monoisotopic (exact) mass is 334 g/mol. The number of nitriles is 1. The highest BCUT2D eigenvalue weighted by atomic mass is 16.2. The van der Waals surface area contributed by atoms with Crippen LogP contribution in [0.2, 0.25) is 0 Å². The number of allylic oxidation sites excluding steroid dienone is 1. The summed E-state index contributed by atoms with van der Waals surface area (Å²) in [5.41, 5.74) is 0.152. The molecule has 4 nitrogen and oxygen atoms in total. The second kappa shape index (κ2) is 5.84. The molecule has 1 unspecified atom stereocenters. The highest BCUT2D eigenvalue weighted by Gasteiger charge is 2.56. The van der Waals surface area contributed by atoms with E-state index >= 15 is 0 Å². The number of fused-ring (bicyclic) bond motifs is 1. The van der Waals surface area contributed by atoms with Crippen molar-refractivity contribution in [3.63, 3.8) is 0 Å². The molecule has 4 rings (SSSR count). The van der Waals surface area contributed by atoms with E-state index in [4.69, 9.17) is 0 Å². The standard InChI is InChI=1S/C21H22N2O2/c1-14-18-9-10-23(13-15-7-8-15)20(25)21(18,11-16(12-22)19(14)24)17-5-3-2-4-6-17/h2-6,11,14-15,18H,7-10,13H2,1H3/t14-,18?,21+/m0/s1. The van der Waals surface area contributed by atoms with Crippen LogP contribution in [0.1, 0.15) is 31.7 Å². The lowest BCUT2D eigenvalue weighted by Gasteiger charge is -2.50. The SMILES string of the molecule is C[C@@H]1C(=O)C(C#N)=C[C@]2(c3ccccc3)C(=O)N(CC3CC3)CCC12. The minimum absolute atomic E-state index is 0.0638. The van der Waals surface area contributed by atoms with Gasteiger partial charge in [-0.1, -0.05) is 37.3 Å². The molecule has 0 N–H and O–H groups in total. The van der Waals surface area contributed by atoms with Crippen LogP contribution in [-0.4, -0.2) is 29.7 Å². The molecule has 1 aromatic rings. The van der Waals surface area contributed by atoms with Gasteiger partial charge in [-0.15, -0.1) is 0 Å². The second-order valence-electron chi connectivity index (χ2n) is 7.65. The van der Waals surface area contributed by atoms with Crippen molar-refractivity contribution in [3.8, 4) is 6.07 Å². The molecule has 3 atom stereocenters. The number of hydrogen-bond acceptors (Lipinski definition) is 3. The van der Waals surface area contributed by atoms with Crippen LogP contribution in [0.25, 0.3) is 0 Å². The van der Waals surface area contributed by atoms with Gasteiger partial charge >= 0.3 is 0 Å². The Labute approximate surface area is 148 Å². The fourth-order valence-electron chi connectivity index (χ4n) is 4.59. The normalized spacial score (nSPS) is 32.0. The molecule has 0 aromatic heterocycles. The van der Waals surface area contributed by atoms with E-state index in [0.717, 1.165) is 18.5 Å². The number of piperidine rings is 1. The van der Waals surface area contributed by atoms with Gasteiger partial charge in [0, 0.05) is 19.0 Å². The van der Waals surface area contributed by atoms with E-state index < -0.39 is 5.41 Å². The first-order chi connectivity index (χ1) is 12.1. The number of hydrogen-bond donors (Lipinski definition) is 0. The zero-order valence-corrected chi connectivity index (χ0v) is 14.4. The largest absolute Gasteiger partial charge is 0.341 e. The zero-order chi connectivity index (χ0) is 17.6. The molecule has 1 heterocycles. The third kappa shape index (κ3) is 2.41. The van der Waals surface area contributed by atoms with Gasteiger partial charge in [-0.05, 0) is 42.7 Å². The van der Waals surface area contributed by atoms with Crippen LogP contribution in [-0.2, 0) is 15.0 Å². The lowest BCUT2D eigenvalue weighted by molar-refractivity contribution is -0.145. The maximum Gasteiger partial charge on any atom is 0.237 e. The summed E-state index contributed by atoms with van der Waals surface area (Å²) in [6.07, 6.45) is 4.87. The molecular formula is C21H22N2O2. The average molecular weight is 334 g/mol. The Kier molecular flexibility index (Phi) is 3.76. The molecule has 25 heavy (non-hydrogen) atoms. The van der Waals surface area contributed by atoms with Crippen molar-refractivity contribution >= 4 is 11.7 Å². The van der Waals surface area contributed by atoms with Crippen molar-refractivity contribution < 1.29 is 9.59 Å². The minimum Gasteiger partial charge on any atom is -0.341 e. The first-order valence-corrected chi connectivity index (χ1v) is 9.10. The van der Waals surface area contributed by atoms with Crippen LogP contribution < -0.4 is 0 Å². The molecule has 2 aliphatic carbocycles. The molecule has 1 aromatic carbocycles. The summed E-state index contributed by atoms with van der Waals surface area (Å²) in [6, 6.07) is 11.7. The van der Waals surface area contributed by atoms with Crippen molar-refractivity contribution in [1.29, 1.82) is 5.26 Å². The molecule has 128 valence electrons. The van der Waals surface area contributed by atoms with E-state index in [0.29, 0.717) is 12.5 Å². The minimum atomic E-state index is -0.882. The molecular weight excluding hydrogens is 312 g/mol. The van der Waals surface area contributed by atoms with Crippen molar-refractivity contribution in [2.45, 2.75) is 31.6 Å². The Hall–Kier alpha value is -2.41. The van der Waals surface area contributed by atoms with Gasteiger partial charge in [0.2, 0.25) is 5.91 Å². The van der Waals surface area contributed by atoms with Crippen molar-refractivity contribution in [1.82, 2.24) is 4.90 Å². The van der Waals surface area contributed by atoms with E-state index in [9.17, 15) is 14.9 Å². The van der Waals surface area contributed by atoms with E-state index in [-0.39, 0.29) is 29.1 Å². The van der Waals surface area contributed by atoms with Gasteiger partial charge in [-0.25, -0.2) is 0 Å². The van der Waals surface area contributed by atoms with Crippen LogP contribution in [0.4, 0.5) is 0 Å². The quantitative estimate of drug-likeness (QED) is 0.854. The molecule has 0 spiro atoms. The van der Waals surface area contributed by atoms with Crippen LogP contribution in [0.3, 0.4) is 0 Å². The Balaban J connectivity index is 1.87. The van der Waals surface area contributed by atoms with Crippen LogP contribution in [0, 0.1) is 29.1 Å². The third-order valence-corrected chi connectivity index (χ3v) is 6.14. The van der Waals surface area contributed by atoms with Crippen LogP contribution >= 0.6 is 0 Å². The van der Waals surface area contributed by atoms with Gasteiger partial charge in [-0.2, -0.15) is 5.26 Å². The number of carbonyl (C=O) groups excluding carboxylic acids is 2. The molecule has 1 saturated carbocycles. The van der Waals surface area contributed by atoms with Gasteiger partial charge in [0.15, 0.2) is 5.78 Å². The van der Waals surface area contributed by atoms with Crippen LogP contribution in [0.5, 0.6) is 0 Å². The number of likely N-dealkylation sites (tertiary alicyclic amines) is 1. The summed E-state index contributed by atoms with van der Waals surface area (Å²) >= 11 is 0. The fraction of sp³-hybridized carbons (Fsp3) is 0.476. The van der Waals surface area contributed by atoms with Gasteiger partial charge < -0.3 is 4.90 Å². The number of ketones is 1. The van der Waals surface area contributed by atoms with E-state index in [2.05, 4.69) is 0 Å². The molecule has 2 fully saturated rings. The Bertz CT molecular complexity index is 788. The van der Waals surface area contributed by atoms with Gasteiger partial charge in [0.1, 0.15) is 6.07 Å². The van der Waals surface area contributed by atoms with E-state index in [1.807, 2.05) is 48.2 Å². The van der Waals surface area contributed by atoms with Gasteiger partial charge in [-0.3, -0.25) is 9.59 Å². The Morgan fingerprint density at radius 3 is 2.56 bits per heavy atom. The number of carbonyl (C=O) groups is 2. The van der Waals surface area contributed by atoms with Crippen LogP contribution in [0.15, 0.2) is 42.0 Å². The lowest BCUT2D eigenvalue weighted by Crippen LogP contribution is -2.59. The maximum absolute atomic E-state index is 13.6. The van der Waals surface area contributed by atoms with E-state index in [1.165, 1.54) is 12.8 Å². The molecule has 0 bridgehead atoms. The number of benzene rings is 1. The van der Waals surface area contributed by atoms with Crippen molar-refractivity contribution in [3.05, 3.63) is 47.5 Å². The molecule has 1 saturated heterocycles. The number of rotatable bonds is 3. The van der Waals surface area contributed by atoms with Gasteiger partial charge in [0.05, 0.1) is 11.0 Å². The zero-order valence-electron chi connectivity index (χ0n) is 14.4. The summed E-state index contributed by atoms with van der Waals surface area (Å²) in [7, 11) is 0. The fourth-order valence-corrected chi connectivity index (χ4v) is 4.59. The smallest absolute Gasteiger partial charge is 0.237 e. The molecule has 1 aliphatic heterocycles. The first-order valence-electron chi connectivity index (χ1n) is 9.10. The predicted molar refractivity (Wildman–Crippen MR) is 93.4 cm³/mol. The average Bonchev–Trinajstić information content (AvgIpc) is 3.45. The highest BCUT2D eigenvalue weighted by molar-refractivity contribution is 6.06. The molecule has 1 amide bonds.